The zero-order valence-corrected chi connectivity index (χ0v) is 20.5. The highest BCUT2D eigenvalue weighted by Crippen LogP contribution is 2.46. The van der Waals surface area contributed by atoms with E-state index in [9.17, 15) is 19.7 Å². The minimum Gasteiger partial charge on any atom is -0.339 e. The average Bonchev–Trinajstić information content (AvgIpc) is 3.01. The molecule has 0 aromatic heterocycles. The van der Waals surface area contributed by atoms with Crippen LogP contribution in [0.5, 0.6) is 0 Å². The molecule has 1 atom stereocenters. The smallest absolute Gasteiger partial charge is 0.274 e. The van der Waals surface area contributed by atoms with Gasteiger partial charge in [0.25, 0.3) is 11.6 Å². The molecule has 8 heteroatoms. The molecule has 2 amide bonds. The van der Waals surface area contributed by atoms with Crippen molar-refractivity contribution < 1.29 is 14.5 Å². The average molecular weight is 490 g/mol. The molecule has 0 aliphatic carbocycles. The Balaban J connectivity index is 1.63. The lowest BCUT2D eigenvalue weighted by atomic mass is 10.0. The Morgan fingerprint density at radius 1 is 1.03 bits per heavy atom. The molecule has 0 N–H and O–H groups in total. The number of benzene rings is 3. The lowest BCUT2D eigenvalue weighted by molar-refractivity contribution is -0.385. The van der Waals surface area contributed by atoms with Crippen LogP contribution in [-0.2, 0) is 11.3 Å². The number of nitro groups is 1. The first-order valence-electron chi connectivity index (χ1n) is 11.6. The summed E-state index contributed by atoms with van der Waals surface area (Å²) in [6.45, 7) is 5.33. The van der Waals surface area contributed by atoms with Gasteiger partial charge in [0.2, 0.25) is 5.91 Å². The van der Waals surface area contributed by atoms with Crippen molar-refractivity contribution in [1.29, 1.82) is 0 Å². The van der Waals surface area contributed by atoms with Crippen LogP contribution in [0.25, 0.3) is 0 Å². The van der Waals surface area contributed by atoms with Crippen LogP contribution >= 0.6 is 11.8 Å². The third-order valence-electron chi connectivity index (χ3n) is 6.18. The van der Waals surface area contributed by atoms with Crippen molar-refractivity contribution in [3.8, 4) is 0 Å². The summed E-state index contributed by atoms with van der Waals surface area (Å²) in [6, 6.07) is 21.6. The zero-order chi connectivity index (χ0) is 24.9. The van der Waals surface area contributed by atoms with Crippen molar-refractivity contribution >= 4 is 35.0 Å². The highest BCUT2D eigenvalue weighted by molar-refractivity contribution is 7.99. The number of carbonyl (C=O) groups excluding carboxylic acids is 2. The van der Waals surface area contributed by atoms with Gasteiger partial charge in [-0.3, -0.25) is 19.7 Å². The van der Waals surface area contributed by atoms with Gasteiger partial charge >= 0.3 is 0 Å². The van der Waals surface area contributed by atoms with Crippen LogP contribution in [-0.4, -0.2) is 34.7 Å². The number of rotatable bonds is 7. The fraction of sp³-hybridized carbons (Fsp3) is 0.259. The molecule has 3 aromatic rings. The van der Waals surface area contributed by atoms with E-state index >= 15 is 0 Å². The molecular formula is C27H27N3O4S. The van der Waals surface area contributed by atoms with E-state index in [1.54, 1.807) is 39.8 Å². The third-order valence-corrected chi connectivity index (χ3v) is 7.51. The van der Waals surface area contributed by atoms with Crippen LogP contribution in [0.3, 0.4) is 0 Å². The topological polar surface area (TPSA) is 83.8 Å². The molecule has 0 saturated heterocycles. The standard InChI is InChI=1S/C27H27N3O4S/c1-3-28(4-2)27(32)20-15-13-19(14-16-20)25-17-26(31)29(23-11-7-8-12-24(23)35-25)18-21-9-5-6-10-22(21)30(33)34/h5-16,25H,3-4,17-18H2,1-2H3. The summed E-state index contributed by atoms with van der Waals surface area (Å²) in [7, 11) is 0. The number of fused-ring (bicyclic) bond motifs is 1. The lowest BCUT2D eigenvalue weighted by Gasteiger charge is -2.22. The maximum Gasteiger partial charge on any atom is 0.274 e. The summed E-state index contributed by atoms with van der Waals surface area (Å²) >= 11 is 1.60. The maximum atomic E-state index is 13.5. The van der Waals surface area contributed by atoms with E-state index in [1.165, 1.54) is 6.07 Å². The minimum atomic E-state index is -0.415. The third kappa shape index (κ3) is 5.22. The molecule has 0 fully saturated rings. The van der Waals surface area contributed by atoms with Crippen LogP contribution in [0.1, 0.15) is 47.0 Å². The fourth-order valence-electron chi connectivity index (χ4n) is 4.26. The second kappa shape index (κ2) is 10.7. The summed E-state index contributed by atoms with van der Waals surface area (Å²) in [6.07, 6.45) is 0.239. The molecule has 1 aliphatic heterocycles. The minimum absolute atomic E-state index is 0.000288. The van der Waals surface area contributed by atoms with Crippen molar-refractivity contribution in [3.63, 3.8) is 0 Å². The van der Waals surface area contributed by atoms with Crippen LogP contribution < -0.4 is 4.90 Å². The summed E-state index contributed by atoms with van der Waals surface area (Å²) in [4.78, 5) is 41.6. The predicted octanol–water partition coefficient (Wildman–Crippen LogP) is 5.85. The van der Waals surface area contributed by atoms with E-state index < -0.39 is 4.92 Å². The molecule has 1 heterocycles. The number of para-hydroxylation sites is 2. The SMILES string of the molecule is CCN(CC)C(=O)c1ccc(C2CC(=O)N(Cc3ccccc3[N+](=O)[O-])c3ccccc3S2)cc1. The first kappa shape index (κ1) is 24.5. The molecule has 3 aromatic carbocycles. The highest BCUT2D eigenvalue weighted by atomic mass is 32.2. The molecular weight excluding hydrogens is 462 g/mol. The van der Waals surface area contributed by atoms with E-state index in [-0.39, 0.29) is 35.7 Å². The molecule has 0 bridgehead atoms. The van der Waals surface area contributed by atoms with Gasteiger partial charge in [-0.15, -0.1) is 11.8 Å². The van der Waals surface area contributed by atoms with Crippen LogP contribution in [0.2, 0.25) is 0 Å². The van der Waals surface area contributed by atoms with Gasteiger partial charge in [-0.1, -0.05) is 42.5 Å². The number of nitrogens with zero attached hydrogens (tertiary/aromatic N) is 3. The molecule has 0 spiro atoms. The molecule has 0 saturated carbocycles. The normalized spacial score (nSPS) is 15.3. The van der Waals surface area contributed by atoms with Crippen molar-refractivity contribution in [2.45, 2.75) is 37.0 Å². The molecule has 180 valence electrons. The van der Waals surface area contributed by atoms with Gasteiger partial charge in [0.1, 0.15) is 0 Å². The summed E-state index contributed by atoms with van der Waals surface area (Å²) in [5.74, 6) is -0.110. The Hall–Kier alpha value is -3.65. The van der Waals surface area contributed by atoms with E-state index in [0.717, 1.165) is 16.1 Å². The van der Waals surface area contributed by atoms with Crippen LogP contribution in [0, 0.1) is 10.1 Å². The Bertz CT molecular complexity index is 1240. The van der Waals surface area contributed by atoms with Gasteiger partial charge in [-0.25, -0.2) is 0 Å². The Kier molecular flexibility index (Phi) is 7.51. The van der Waals surface area contributed by atoms with Crippen LogP contribution in [0.4, 0.5) is 11.4 Å². The summed E-state index contributed by atoms with van der Waals surface area (Å²) < 4.78 is 0. The van der Waals surface area contributed by atoms with E-state index in [1.807, 2.05) is 62.4 Å². The number of hydrogen-bond donors (Lipinski definition) is 0. The first-order chi connectivity index (χ1) is 16.9. The number of anilines is 1. The van der Waals surface area contributed by atoms with E-state index in [4.69, 9.17) is 0 Å². The predicted molar refractivity (Wildman–Crippen MR) is 138 cm³/mol. The first-order valence-corrected chi connectivity index (χ1v) is 12.5. The van der Waals surface area contributed by atoms with E-state index in [2.05, 4.69) is 0 Å². The molecule has 1 unspecified atom stereocenters. The summed E-state index contributed by atoms with van der Waals surface area (Å²) in [5, 5.41) is 11.4. The van der Waals surface area contributed by atoms with Crippen molar-refractivity contribution in [2.75, 3.05) is 18.0 Å². The van der Waals surface area contributed by atoms with Crippen molar-refractivity contribution in [2.24, 2.45) is 0 Å². The van der Waals surface area contributed by atoms with Gasteiger partial charge in [-0.05, 0) is 43.7 Å². The Morgan fingerprint density at radius 3 is 2.37 bits per heavy atom. The molecule has 7 nitrogen and oxygen atoms in total. The lowest BCUT2D eigenvalue weighted by Crippen LogP contribution is -2.30. The molecule has 1 aliphatic rings. The van der Waals surface area contributed by atoms with Crippen LogP contribution in [0.15, 0.2) is 77.7 Å². The maximum absolute atomic E-state index is 13.5. The van der Waals surface area contributed by atoms with Crippen molar-refractivity contribution in [1.82, 2.24) is 4.90 Å². The highest BCUT2D eigenvalue weighted by Gasteiger charge is 2.30. The van der Waals surface area contributed by atoms with Gasteiger partial charge in [0.05, 0.1) is 17.2 Å². The van der Waals surface area contributed by atoms with Gasteiger partial charge in [-0.2, -0.15) is 0 Å². The Morgan fingerprint density at radius 2 is 1.69 bits per heavy atom. The number of amides is 2. The van der Waals surface area contributed by atoms with Gasteiger partial charge in [0.15, 0.2) is 0 Å². The fourth-order valence-corrected chi connectivity index (χ4v) is 5.55. The summed E-state index contributed by atoms with van der Waals surface area (Å²) in [5.41, 5.74) is 2.82. The zero-order valence-electron chi connectivity index (χ0n) is 19.7. The van der Waals surface area contributed by atoms with E-state index in [0.29, 0.717) is 24.2 Å². The number of hydrogen-bond acceptors (Lipinski definition) is 5. The monoisotopic (exact) mass is 489 g/mol. The number of thioether (sulfide) groups is 1. The largest absolute Gasteiger partial charge is 0.339 e. The number of carbonyl (C=O) groups is 2. The Labute approximate surface area is 208 Å². The molecule has 35 heavy (non-hydrogen) atoms. The van der Waals surface area contributed by atoms with Crippen molar-refractivity contribution in [3.05, 3.63) is 99.6 Å². The second-order valence-corrected chi connectivity index (χ2v) is 9.49. The second-order valence-electron chi connectivity index (χ2n) is 8.24. The number of nitro benzene ring substituents is 1. The van der Waals surface area contributed by atoms with Gasteiger partial charge < -0.3 is 9.80 Å². The quantitative estimate of drug-likeness (QED) is 0.307. The van der Waals surface area contributed by atoms with Gasteiger partial charge in [0, 0.05) is 46.8 Å². The molecule has 4 rings (SSSR count). The molecule has 0 radical (unpaired) electrons.